The fraction of sp³-hybridized carbons (Fsp3) is 0.545. The van der Waals surface area contributed by atoms with Gasteiger partial charge in [-0.2, -0.15) is 0 Å². The number of aliphatic imine (C=N–C) groups is 1. The van der Waals surface area contributed by atoms with Crippen molar-refractivity contribution >= 4 is 40.2 Å². The molecule has 2 aliphatic heterocycles. The number of halogens is 2. The topological polar surface area (TPSA) is 15.6 Å². The Labute approximate surface area is 110 Å². The standard InChI is InChI=1S/C11H14ClIN2/c1-11(2,3)8-6-15(13)10(12)7-4-5-14-9(7)8/h4-5,8H,6H2,1-3H3. The van der Waals surface area contributed by atoms with Gasteiger partial charge in [0.25, 0.3) is 0 Å². The summed E-state index contributed by atoms with van der Waals surface area (Å²) < 4.78 is 2.08. The summed E-state index contributed by atoms with van der Waals surface area (Å²) in [4.78, 5) is 4.45. The van der Waals surface area contributed by atoms with Crippen molar-refractivity contribution in [3.63, 3.8) is 0 Å². The molecule has 1 atom stereocenters. The molecular weight excluding hydrogens is 322 g/mol. The van der Waals surface area contributed by atoms with Gasteiger partial charge in [-0.15, -0.1) is 0 Å². The van der Waals surface area contributed by atoms with Gasteiger partial charge >= 0.3 is 0 Å². The summed E-state index contributed by atoms with van der Waals surface area (Å²) in [5, 5.41) is 0.809. The van der Waals surface area contributed by atoms with Gasteiger partial charge in [0.1, 0.15) is 5.16 Å². The molecule has 2 rings (SSSR count). The molecule has 0 aliphatic carbocycles. The van der Waals surface area contributed by atoms with Crippen LogP contribution in [-0.2, 0) is 0 Å². The molecule has 0 fully saturated rings. The Balaban J connectivity index is 2.43. The van der Waals surface area contributed by atoms with Crippen molar-refractivity contribution in [3.05, 3.63) is 23.0 Å². The lowest BCUT2D eigenvalue weighted by Crippen LogP contribution is -2.40. The second-order valence-electron chi connectivity index (χ2n) is 5.00. The van der Waals surface area contributed by atoms with E-state index in [1.165, 1.54) is 0 Å². The molecule has 0 spiro atoms. The molecule has 15 heavy (non-hydrogen) atoms. The van der Waals surface area contributed by atoms with Gasteiger partial charge in [0.05, 0.1) is 28.6 Å². The molecule has 0 amide bonds. The monoisotopic (exact) mass is 336 g/mol. The van der Waals surface area contributed by atoms with Gasteiger partial charge in [-0.05, 0) is 11.5 Å². The molecule has 1 unspecified atom stereocenters. The van der Waals surface area contributed by atoms with Crippen molar-refractivity contribution in [2.75, 3.05) is 6.54 Å². The van der Waals surface area contributed by atoms with Crippen molar-refractivity contribution in [3.8, 4) is 0 Å². The van der Waals surface area contributed by atoms with E-state index in [2.05, 4.69) is 51.7 Å². The Hall–Kier alpha value is -0.0300. The fourth-order valence-corrected chi connectivity index (χ4v) is 2.82. The third-order valence-electron chi connectivity index (χ3n) is 2.88. The maximum Gasteiger partial charge on any atom is 0.122 e. The number of fused-ring (bicyclic) bond motifs is 1. The molecule has 2 aliphatic rings. The molecule has 0 saturated carbocycles. The number of hydrogen-bond donors (Lipinski definition) is 0. The van der Waals surface area contributed by atoms with Crippen LogP contribution in [0, 0.1) is 11.3 Å². The highest BCUT2D eigenvalue weighted by Crippen LogP contribution is 2.40. The predicted octanol–water partition coefficient (Wildman–Crippen LogP) is 3.73. The van der Waals surface area contributed by atoms with Crippen LogP contribution in [0.25, 0.3) is 0 Å². The van der Waals surface area contributed by atoms with E-state index in [-0.39, 0.29) is 5.41 Å². The molecule has 0 aromatic rings. The number of nitrogens with zero attached hydrogens (tertiary/aromatic N) is 2. The molecule has 2 heterocycles. The summed E-state index contributed by atoms with van der Waals surface area (Å²) in [6.45, 7) is 7.69. The first-order chi connectivity index (χ1) is 6.91. The second-order valence-corrected chi connectivity index (χ2v) is 6.52. The largest absolute Gasteiger partial charge is 0.304 e. The SMILES string of the molecule is CC(C)(C)C1CN(I)C(Cl)=C2C=CN=C21. The van der Waals surface area contributed by atoms with Gasteiger partial charge in [-0.1, -0.05) is 32.4 Å². The number of hydrogen-bond acceptors (Lipinski definition) is 2. The van der Waals surface area contributed by atoms with E-state index < -0.39 is 0 Å². The minimum Gasteiger partial charge on any atom is -0.304 e. The Kier molecular flexibility index (Phi) is 2.88. The molecule has 0 saturated heterocycles. The zero-order valence-electron chi connectivity index (χ0n) is 9.09. The van der Waals surface area contributed by atoms with Gasteiger partial charge in [0, 0.05) is 24.2 Å². The van der Waals surface area contributed by atoms with E-state index >= 15 is 0 Å². The van der Waals surface area contributed by atoms with Crippen LogP contribution < -0.4 is 0 Å². The Morgan fingerprint density at radius 3 is 2.80 bits per heavy atom. The second kappa shape index (κ2) is 3.77. The summed E-state index contributed by atoms with van der Waals surface area (Å²) >= 11 is 8.52. The van der Waals surface area contributed by atoms with Gasteiger partial charge in [-0.25, -0.2) is 0 Å². The zero-order chi connectivity index (χ0) is 11.2. The first-order valence-electron chi connectivity index (χ1n) is 4.99. The minimum atomic E-state index is 0.219. The van der Waals surface area contributed by atoms with Gasteiger partial charge in [0.2, 0.25) is 0 Å². The van der Waals surface area contributed by atoms with Crippen LogP contribution in [0.3, 0.4) is 0 Å². The van der Waals surface area contributed by atoms with Crippen molar-refractivity contribution < 1.29 is 0 Å². The van der Waals surface area contributed by atoms with Crippen molar-refractivity contribution in [1.29, 1.82) is 0 Å². The van der Waals surface area contributed by atoms with Crippen LogP contribution in [0.15, 0.2) is 28.0 Å². The first kappa shape index (κ1) is 11.5. The Morgan fingerprint density at radius 2 is 2.20 bits per heavy atom. The van der Waals surface area contributed by atoms with Crippen LogP contribution in [0.5, 0.6) is 0 Å². The lowest BCUT2D eigenvalue weighted by atomic mass is 9.75. The summed E-state index contributed by atoms with van der Waals surface area (Å²) in [6, 6.07) is 0. The first-order valence-corrected chi connectivity index (χ1v) is 6.33. The molecule has 0 aromatic carbocycles. The Bertz CT molecular complexity index is 377. The predicted molar refractivity (Wildman–Crippen MR) is 73.1 cm³/mol. The summed E-state index contributed by atoms with van der Waals surface area (Å²) in [7, 11) is 0. The van der Waals surface area contributed by atoms with E-state index in [4.69, 9.17) is 11.6 Å². The quantitative estimate of drug-likeness (QED) is 0.374. The minimum absolute atomic E-state index is 0.219. The van der Waals surface area contributed by atoms with Crippen LogP contribution >= 0.6 is 34.5 Å². The van der Waals surface area contributed by atoms with Crippen LogP contribution in [0.4, 0.5) is 0 Å². The number of allylic oxidation sites excluding steroid dienone is 2. The molecule has 0 radical (unpaired) electrons. The van der Waals surface area contributed by atoms with E-state index in [0.29, 0.717) is 5.92 Å². The maximum atomic E-state index is 6.25. The van der Waals surface area contributed by atoms with E-state index in [9.17, 15) is 0 Å². The molecule has 0 N–H and O–H groups in total. The maximum absolute atomic E-state index is 6.25. The van der Waals surface area contributed by atoms with Gasteiger partial charge < -0.3 is 3.11 Å². The van der Waals surface area contributed by atoms with Gasteiger partial charge in [-0.3, -0.25) is 4.99 Å². The van der Waals surface area contributed by atoms with Gasteiger partial charge in [0.15, 0.2) is 0 Å². The summed E-state index contributed by atoms with van der Waals surface area (Å²) in [5.74, 6) is 0.446. The highest BCUT2D eigenvalue weighted by Gasteiger charge is 2.38. The smallest absolute Gasteiger partial charge is 0.122 e. The number of rotatable bonds is 0. The molecule has 0 aromatic heterocycles. The highest BCUT2D eigenvalue weighted by atomic mass is 127. The third-order valence-corrected chi connectivity index (χ3v) is 4.45. The van der Waals surface area contributed by atoms with Crippen LogP contribution in [0.2, 0.25) is 0 Å². The van der Waals surface area contributed by atoms with E-state index in [1.807, 2.05) is 12.3 Å². The highest BCUT2D eigenvalue weighted by molar-refractivity contribution is 14.1. The lowest BCUT2D eigenvalue weighted by Gasteiger charge is -2.38. The lowest BCUT2D eigenvalue weighted by molar-refractivity contribution is 0.285. The van der Waals surface area contributed by atoms with Crippen molar-refractivity contribution in [2.24, 2.45) is 16.3 Å². The zero-order valence-corrected chi connectivity index (χ0v) is 12.0. The third kappa shape index (κ3) is 1.96. The molecular formula is C11H14ClIN2. The van der Waals surface area contributed by atoms with Crippen LogP contribution in [0.1, 0.15) is 20.8 Å². The average Bonchev–Trinajstić information content (AvgIpc) is 2.57. The Morgan fingerprint density at radius 1 is 1.53 bits per heavy atom. The molecule has 82 valence electrons. The van der Waals surface area contributed by atoms with E-state index in [0.717, 1.165) is 23.0 Å². The molecule has 4 heteroatoms. The fourth-order valence-electron chi connectivity index (χ4n) is 1.94. The normalized spacial score (nSPS) is 25.8. The summed E-state index contributed by atoms with van der Waals surface area (Å²) in [5.41, 5.74) is 2.47. The van der Waals surface area contributed by atoms with Crippen molar-refractivity contribution in [1.82, 2.24) is 3.11 Å². The average molecular weight is 337 g/mol. The molecule has 0 bridgehead atoms. The summed E-state index contributed by atoms with van der Waals surface area (Å²) in [6.07, 6.45) is 3.85. The van der Waals surface area contributed by atoms with Crippen LogP contribution in [-0.4, -0.2) is 15.4 Å². The van der Waals surface area contributed by atoms with E-state index in [1.54, 1.807) is 0 Å². The van der Waals surface area contributed by atoms with Crippen molar-refractivity contribution in [2.45, 2.75) is 20.8 Å². The molecule has 2 nitrogen and oxygen atoms in total.